The molecule has 0 aromatic heterocycles. The van der Waals surface area contributed by atoms with Crippen molar-refractivity contribution in [1.29, 1.82) is 0 Å². The summed E-state index contributed by atoms with van der Waals surface area (Å²) in [6.45, 7) is 1.93. The van der Waals surface area contributed by atoms with Gasteiger partial charge in [-0.05, 0) is 12.1 Å². The van der Waals surface area contributed by atoms with Gasteiger partial charge in [0.15, 0.2) is 11.6 Å². The van der Waals surface area contributed by atoms with Crippen LogP contribution in [0.1, 0.15) is 18.9 Å². The second-order valence-corrected chi connectivity index (χ2v) is 3.36. The number of nitrogens with one attached hydrogen (secondary N) is 1. The number of hydrogen-bond donors (Lipinski definition) is 1. The van der Waals surface area contributed by atoms with Gasteiger partial charge >= 0.3 is 0 Å². The fourth-order valence-corrected chi connectivity index (χ4v) is 1.27. The van der Waals surface area contributed by atoms with Crippen LogP contribution in [0.25, 0.3) is 0 Å². The second kappa shape index (κ2) is 6.54. The third-order valence-corrected chi connectivity index (χ3v) is 2.02. The molecule has 0 radical (unpaired) electrons. The van der Waals surface area contributed by atoms with Crippen LogP contribution in [0.5, 0.6) is 5.75 Å². The molecule has 0 aliphatic rings. The van der Waals surface area contributed by atoms with Gasteiger partial charge in [0, 0.05) is 19.9 Å². The van der Waals surface area contributed by atoms with E-state index in [4.69, 9.17) is 4.74 Å². The van der Waals surface area contributed by atoms with Gasteiger partial charge in [0.1, 0.15) is 0 Å². The van der Waals surface area contributed by atoms with Gasteiger partial charge in [-0.3, -0.25) is 4.79 Å². The summed E-state index contributed by atoms with van der Waals surface area (Å²) in [5.41, 5.74) is 0.510. The van der Waals surface area contributed by atoms with E-state index in [0.29, 0.717) is 18.5 Å². The van der Waals surface area contributed by atoms with Gasteiger partial charge in [-0.25, -0.2) is 4.39 Å². The summed E-state index contributed by atoms with van der Waals surface area (Å²) in [7, 11) is 1.40. The summed E-state index contributed by atoms with van der Waals surface area (Å²) in [6, 6.07) is 4.59. The molecule has 0 atom stereocenters. The van der Waals surface area contributed by atoms with Gasteiger partial charge in [-0.1, -0.05) is 17.9 Å². The van der Waals surface area contributed by atoms with Crippen molar-refractivity contribution in [2.45, 2.75) is 13.3 Å². The van der Waals surface area contributed by atoms with E-state index in [1.807, 2.05) is 0 Å². The Morgan fingerprint density at radius 1 is 1.53 bits per heavy atom. The highest BCUT2D eigenvalue weighted by molar-refractivity contribution is 5.72. The van der Waals surface area contributed by atoms with Crippen molar-refractivity contribution in [3.63, 3.8) is 0 Å². The van der Waals surface area contributed by atoms with Crippen molar-refractivity contribution < 1.29 is 13.9 Å². The van der Waals surface area contributed by atoms with E-state index in [1.54, 1.807) is 12.1 Å². The van der Waals surface area contributed by atoms with Crippen LogP contribution in [-0.4, -0.2) is 19.6 Å². The Balaban J connectivity index is 2.65. The van der Waals surface area contributed by atoms with Crippen molar-refractivity contribution in [3.8, 4) is 17.6 Å². The number of carbonyl (C=O) groups is 1. The van der Waals surface area contributed by atoms with Gasteiger partial charge in [-0.15, -0.1) is 0 Å². The van der Waals surface area contributed by atoms with Gasteiger partial charge in [0.25, 0.3) is 0 Å². The maximum Gasteiger partial charge on any atom is 0.216 e. The fourth-order valence-electron chi connectivity index (χ4n) is 1.27. The minimum Gasteiger partial charge on any atom is -0.492 e. The van der Waals surface area contributed by atoms with E-state index in [9.17, 15) is 9.18 Å². The number of amides is 1. The Bertz CT molecular complexity index is 460. The molecule has 0 aliphatic heterocycles. The zero-order valence-electron chi connectivity index (χ0n) is 9.84. The molecule has 0 spiro atoms. The largest absolute Gasteiger partial charge is 0.492 e. The van der Waals surface area contributed by atoms with Crippen molar-refractivity contribution in [1.82, 2.24) is 5.32 Å². The average molecular weight is 235 g/mol. The van der Waals surface area contributed by atoms with E-state index in [2.05, 4.69) is 17.2 Å². The second-order valence-electron chi connectivity index (χ2n) is 3.36. The highest BCUT2D eigenvalue weighted by atomic mass is 19.1. The van der Waals surface area contributed by atoms with Crippen LogP contribution < -0.4 is 10.1 Å². The smallest absolute Gasteiger partial charge is 0.216 e. The average Bonchev–Trinajstić information content (AvgIpc) is 2.28. The number of benzene rings is 1. The lowest BCUT2D eigenvalue weighted by Crippen LogP contribution is -2.20. The molecule has 1 aromatic rings. The van der Waals surface area contributed by atoms with Crippen molar-refractivity contribution >= 4 is 5.91 Å². The first-order valence-electron chi connectivity index (χ1n) is 5.21. The molecule has 0 saturated heterocycles. The maximum absolute atomic E-state index is 13.3. The molecule has 0 aliphatic carbocycles. The Morgan fingerprint density at radius 2 is 2.29 bits per heavy atom. The van der Waals surface area contributed by atoms with Gasteiger partial charge < -0.3 is 10.1 Å². The predicted octanol–water partition coefficient (Wildman–Crippen LogP) is 1.71. The fraction of sp³-hybridized carbons (Fsp3) is 0.308. The Kier molecular flexibility index (Phi) is 5.02. The Labute approximate surface area is 100.0 Å². The number of rotatable bonds is 3. The Hall–Kier alpha value is -2.02. The number of hydrogen-bond acceptors (Lipinski definition) is 2. The topological polar surface area (TPSA) is 38.3 Å². The molecule has 0 heterocycles. The van der Waals surface area contributed by atoms with Crippen LogP contribution in [0.3, 0.4) is 0 Å². The lowest BCUT2D eigenvalue weighted by molar-refractivity contribution is -0.118. The molecule has 1 aromatic carbocycles. The monoisotopic (exact) mass is 235 g/mol. The molecule has 0 fully saturated rings. The highest BCUT2D eigenvalue weighted by Crippen LogP contribution is 2.20. The van der Waals surface area contributed by atoms with E-state index in [1.165, 1.54) is 20.1 Å². The zero-order chi connectivity index (χ0) is 12.7. The third-order valence-electron chi connectivity index (χ3n) is 2.02. The van der Waals surface area contributed by atoms with Gasteiger partial charge in [0.05, 0.1) is 12.7 Å². The normalized spacial score (nSPS) is 9.12. The first-order valence-corrected chi connectivity index (χ1v) is 5.21. The molecule has 1 rings (SSSR count). The molecule has 1 N–H and O–H groups in total. The lowest BCUT2D eigenvalue weighted by Gasteiger charge is -2.03. The number of methoxy groups -OCH3 is 1. The zero-order valence-corrected chi connectivity index (χ0v) is 9.84. The van der Waals surface area contributed by atoms with Crippen molar-refractivity contribution in [2.75, 3.05) is 13.7 Å². The third kappa shape index (κ3) is 4.15. The molecule has 0 saturated carbocycles. The summed E-state index contributed by atoms with van der Waals surface area (Å²) in [5.74, 6) is 5.30. The lowest BCUT2D eigenvalue weighted by atomic mass is 10.2. The minimum absolute atomic E-state index is 0.0878. The number of para-hydroxylation sites is 1. The first kappa shape index (κ1) is 13.0. The van der Waals surface area contributed by atoms with Crippen molar-refractivity contribution in [2.24, 2.45) is 0 Å². The van der Waals surface area contributed by atoms with Crippen LogP contribution in [0.15, 0.2) is 18.2 Å². The molecular weight excluding hydrogens is 221 g/mol. The summed E-state index contributed by atoms with van der Waals surface area (Å²) >= 11 is 0. The van der Waals surface area contributed by atoms with E-state index < -0.39 is 5.82 Å². The van der Waals surface area contributed by atoms with Crippen LogP contribution in [0.4, 0.5) is 4.39 Å². The van der Waals surface area contributed by atoms with Gasteiger partial charge in [0.2, 0.25) is 5.91 Å². The van der Waals surface area contributed by atoms with E-state index in [0.717, 1.165) is 0 Å². The standard InChI is InChI=1S/C13H14FNO2/c1-10(16)15-9-4-3-6-11-7-5-8-12(14)13(11)17-2/h5,7-8H,4,9H2,1-2H3,(H,15,16). The molecule has 3 nitrogen and oxygen atoms in total. The molecule has 0 bridgehead atoms. The predicted molar refractivity (Wildman–Crippen MR) is 63.1 cm³/mol. The first-order chi connectivity index (χ1) is 8.15. The van der Waals surface area contributed by atoms with Crippen LogP contribution in [0, 0.1) is 17.7 Å². The molecule has 1 amide bonds. The Morgan fingerprint density at radius 3 is 2.94 bits per heavy atom. The summed E-state index contributed by atoms with van der Waals surface area (Å²) in [5, 5.41) is 2.63. The molecular formula is C13H14FNO2. The van der Waals surface area contributed by atoms with Crippen molar-refractivity contribution in [3.05, 3.63) is 29.6 Å². The number of ether oxygens (including phenoxy) is 1. The highest BCUT2D eigenvalue weighted by Gasteiger charge is 2.05. The summed E-state index contributed by atoms with van der Waals surface area (Å²) < 4.78 is 18.2. The number of carbonyl (C=O) groups excluding carboxylic acids is 1. The molecule has 17 heavy (non-hydrogen) atoms. The summed E-state index contributed by atoms with van der Waals surface area (Å²) in [6.07, 6.45) is 0.513. The molecule has 0 unspecified atom stereocenters. The quantitative estimate of drug-likeness (QED) is 0.640. The molecule has 4 heteroatoms. The SMILES string of the molecule is COc1c(F)cccc1C#CCCNC(C)=O. The van der Waals surface area contributed by atoms with Crippen LogP contribution >= 0.6 is 0 Å². The van der Waals surface area contributed by atoms with Gasteiger partial charge in [-0.2, -0.15) is 0 Å². The van der Waals surface area contributed by atoms with E-state index >= 15 is 0 Å². The minimum atomic E-state index is -0.429. The molecule has 90 valence electrons. The summed E-state index contributed by atoms with van der Waals surface area (Å²) in [4.78, 5) is 10.6. The van der Waals surface area contributed by atoms with E-state index in [-0.39, 0.29) is 11.7 Å². The van der Waals surface area contributed by atoms with Crippen LogP contribution in [-0.2, 0) is 4.79 Å². The number of halogens is 1. The van der Waals surface area contributed by atoms with Crippen LogP contribution in [0.2, 0.25) is 0 Å². The maximum atomic E-state index is 13.3.